The number of pyridine rings is 1. The molecule has 0 fully saturated rings. The third-order valence-corrected chi connectivity index (χ3v) is 3.23. The predicted molar refractivity (Wildman–Crippen MR) is 85.9 cm³/mol. The van der Waals surface area contributed by atoms with E-state index in [2.05, 4.69) is 21.7 Å². The second-order valence-electron chi connectivity index (χ2n) is 6.33. The Hall–Kier alpha value is -1.94. The van der Waals surface area contributed by atoms with E-state index in [4.69, 9.17) is 0 Å². The normalized spacial score (nSPS) is 13.1. The van der Waals surface area contributed by atoms with Crippen LogP contribution in [0.25, 0.3) is 10.9 Å². The average molecular weight is 285 g/mol. The molecule has 0 saturated carbocycles. The number of carbonyl (C=O) groups excluding carboxylic acids is 1. The van der Waals surface area contributed by atoms with E-state index in [0.717, 1.165) is 16.5 Å². The fourth-order valence-electron chi connectivity index (χ4n) is 2.14. The summed E-state index contributed by atoms with van der Waals surface area (Å²) in [6, 6.07) is 9.78. The Morgan fingerprint density at radius 1 is 1.24 bits per heavy atom. The maximum atomic E-state index is 12.1. The van der Waals surface area contributed by atoms with Gasteiger partial charge in [-0.3, -0.25) is 9.78 Å². The Bertz CT molecular complexity index is 626. The molecule has 2 N–H and O–H groups in total. The van der Waals surface area contributed by atoms with Crippen molar-refractivity contribution in [2.75, 3.05) is 0 Å². The van der Waals surface area contributed by atoms with Crippen molar-refractivity contribution in [2.24, 2.45) is 0 Å². The molecule has 4 nitrogen and oxygen atoms in total. The van der Waals surface area contributed by atoms with Crippen LogP contribution >= 0.6 is 0 Å². The van der Waals surface area contributed by atoms with Crippen LogP contribution in [0.15, 0.2) is 36.5 Å². The molecule has 0 spiro atoms. The number of benzene rings is 1. The van der Waals surface area contributed by atoms with Crippen LogP contribution < -0.4 is 10.6 Å². The maximum absolute atomic E-state index is 12.1. The zero-order valence-corrected chi connectivity index (χ0v) is 13.1. The van der Waals surface area contributed by atoms with Gasteiger partial charge in [-0.05, 0) is 45.4 Å². The van der Waals surface area contributed by atoms with E-state index in [9.17, 15) is 4.79 Å². The molecule has 0 aliphatic rings. The van der Waals surface area contributed by atoms with Crippen molar-refractivity contribution < 1.29 is 4.79 Å². The van der Waals surface area contributed by atoms with Crippen LogP contribution in [0.1, 0.15) is 33.3 Å². The maximum Gasteiger partial charge on any atom is 0.237 e. The van der Waals surface area contributed by atoms with Crippen molar-refractivity contribution >= 4 is 16.8 Å². The lowest BCUT2D eigenvalue weighted by atomic mass is 10.1. The molecule has 0 aliphatic carbocycles. The number of amides is 1. The van der Waals surface area contributed by atoms with Crippen LogP contribution in [0, 0.1) is 0 Å². The topological polar surface area (TPSA) is 54.0 Å². The van der Waals surface area contributed by atoms with Crippen LogP contribution in [-0.4, -0.2) is 22.5 Å². The molecule has 1 unspecified atom stereocenters. The molecule has 2 rings (SSSR count). The number of carbonyl (C=O) groups is 1. The number of rotatable bonds is 4. The van der Waals surface area contributed by atoms with Gasteiger partial charge >= 0.3 is 0 Å². The minimum absolute atomic E-state index is 0.0147. The van der Waals surface area contributed by atoms with Gasteiger partial charge < -0.3 is 10.6 Å². The molecule has 112 valence electrons. The van der Waals surface area contributed by atoms with Crippen LogP contribution in [0.3, 0.4) is 0 Å². The summed E-state index contributed by atoms with van der Waals surface area (Å²) in [6.07, 6.45) is 1.80. The summed E-state index contributed by atoms with van der Waals surface area (Å²) in [5, 5.41) is 7.37. The standard InChI is InChI=1S/C17H23N3O/c1-12(16(21)20-17(2,3)4)19-11-13-9-10-18-15-8-6-5-7-14(13)15/h5-10,12,19H,11H2,1-4H3,(H,20,21). The van der Waals surface area contributed by atoms with Crippen LogP contribution in [0.4, 0.5) is 0 Å². The lowest BCUT2D eigenvalue weighted by Gasteiger charge is -2.23. The molecule has 1 heterocycles. The van der Waals surface area contributed by atoms with Gasteiger partial charge in [-0.2, -0.15) is 0 Å². The molecular weight excluding hydrogens is 262 g/mol. The van der Waals surface area contributed by atoms with E-state index >= 15 is 0 Å². The summed E-state index contributed by atoms with van der Waals surface area (Å²) in [5.74, 6) is 0.0147. The molecule has 0 radical (unpaired) electrons. The van der Waals surface area contributed by atoms with Crippen LogP contribution in [0.2, 0.25) is 0 Å². The molecule has 1 aromatic carbocycles. The molecule has 21 heavy (non-hydrogen) atoms. The molecule has 2 aromatic rings. The Morgan fingerprint density at radius 2 is 1.95 bits per heavy atom. The third-order valence-electron chi connectivity index (χ3n) is 3.23. The largest absolute Gasteiger partial charge is 0.350 e. The summed E-state index contributed by atoms with van der Waals surface area (Å²) in [7, 11) is 0. The Labute approximate surface area is 126 Å². The monoisotopic (exact) mass is 285 g/mol. The van der Waals surface area contributed by atoms with E-state index in [1.807, 2.05) is 52.0 Å². The fourth-order valence-corrected chi connectivity index (χ4v) is 2.14. The second kappa shape index (κ2) is 6.22. The van der Waals surface area contributed by atoms with E-state index in [1.54, 1.807) is 6.20 Å². The zero-order chi connectivity index (χ0) is 15.5. The minimum atomic E-state index is -0.240. The molecule has 4 heteroatoms. The molecule has 0 aliphatic heterocycles. The summed E-state index contributed by atoms with van der Waals surface area (Å²) in [4.78, 5) is 16.4. The van der Waals surface area contributed by atoms with Gasteiger partial charge in [-0.25, -0.2) is 0 Å². The van der Waals surface area contributed by atoms with E-state index in [0.29, 0.717) is 6.54 Å². The van der Waals surface area contributed by atoms with Crippen molar-refractivity contribution in [3.8, 4) is 0 Å². The van der Waals surface area contributed by atoms with Gasteiger partial charge in [-0.1, -0.05) is 18.2 Å². The van der Waals surface area contributed by atoms with Gasteiger partial charge in [-0.15, -0.1) is 0 Å². The number of para-hydroxylation sites is 1. The SMILES string of the molecule is CC(NCc1ccnc2ccccc12)C(=O)NC(C)(C)C. The van der Waals surface area contributed by atoms with Crippen molar-refractivity contribution in [1.29, 1.82) is 0 Å². The number of hydrogen-bond acceptors (Lipinski definition) is 3. The Kier molecular flexibility index (Phi) is 4.58. The highest BCUT2D eigenvalue weighted by molar-refractivity contribution is 5.83. The molecular formula is C17H23N3O. The Morgan fingerprint density at radius 3 is 2.67 bits per heavy atom. The fraction of sp³-hybridized carbons (Fsp3) is 0.412. The number of nitrogens with zero attached hydrogens (tertiary/aromatic N) is 1. The highest BCUT2D eigenvalue weighted by atomic mass is 16.2. The summed E-state index contributed by atoms with van der Waals surface area (Å²) in [5.41, 5.74) is 1.91. The van der Waals surface area contributed by atoms with Crippen molar-refractivity contribution in [2.45, 2.75) is 45.8 Å². The molecule has 0 bridgehead atoms. The van der Waals surface area contributed by atoms with Gasteiger partial charge in [0.15, 0.2) is 0 Å². The van der Waals surface area contributed by atoms with E-state index in [-0.39, 0.29) is 17.5 Å². The number of fused-ring (bicyclic) bond motifs is 1. The molecule has 1 atom stereocenters. The van der Waals surface area contributed by atoms with Gasteiger partial charge in [0.1, 0.15) is 0 Å². The Balaban J connectivity index is 2.03. The second-order valence-corrected chi connectivity index (χ2v) is 6.33. The first-order valence-corrected chi connectivity index (χ1v) is 7.25. The zero-order valence-electron chi connectivity index (χ0n) is 13.1. The first-order chi connectivity index (χ1) is 9.87. The number of nitrogens with one attached hydrogen (secondary N) is 2. The first kappa shape index (κ1) is 15.4. The first-order valence-electron chi connectivity index (χ1n) is 7.25. The van der Waals surface area contributed by atoms with E-state index < -0.39 is 0 Å². The number of aromatic nitrogens is 1. The molecule has 0 saturated heterocycles. The summed E-state index contributed by atoms with van der Waals surface area (Å²) < 4.78 is 0. The third kappa shape index (κ3) is 4.26. The predicted octanol–water partition coefficient (Wildman–Crippen LogP) is 2.63. The highest BCUT2D eigenvalue weighted by Crippen LogP contribution is 2.15. The van der Waals surface area contributed by atoms with Crippen molar-refractivity contribution in [3.63, 3.8) is 0 Å². The van der Waals surface area contributed by atoms with E-state index in [1.165, 1.54) is 0 Å². The van der Waals surface area contributed by atoms with Crippen LogP contribution in [0.5, 0.6) is 0 Å². The van der Waals surface area contributed by atoms with Crippen molar-refractivity contribution in [3.05, 3.63) is 42.1 Å². The summed E-state index contributed by atoms with van der Waals surface area (Å²) >= 11 is 0. The van der Waals surface area contributed by atoms with Crippen molar-refractivity contribution in [1.82, 2.24) is 15.6 Å². The average Bonchev–Trinajstić information content (AvgIpc) is 2.42. The van der Waals surface area contributed by atoms with Gasteiger partial charge in [0.05, 0.1) is 11.6 Å². The smallest absolute Gasteiger partial charge is 0.237 e. The van der Waals surface area contributed by atoms with Gasteiger partial charge in [0.2, 0.25) is 5.91 Å². The van der Waals surface area contributed by atoms with Crippen LogP contribution in [-0.2, 0) is 11.3 Å². The number of hydrogen-bond donors (Lipinski definition) is 2. The quantitative estimate of drug-likeness (QED) is 0.908. The molecule has 1 amide bonds. The summed E-state index contributed by atoms with van der Waals surface area (Å²) in [6.45, 7) is 8.46. The highest BCUT2D eigenvalue weighted by Gasteiger charge is 2.18. The lowest BCUT2D eigenvalue weighted by Crippen LogP contribution is -2.49. The van der Waals surface area contributed by atoms with Gasteiger partial charge in [0.25, 0.3) is 0 Å². The van der Waals surface area contributed by atoms with Gasteiger partial charge in [0, 0.05) is 23.7 Å². The minimum Gasteiger partial charge on any atom is -0.350 e. The molecule has 1 aromatic heterocycles. The lowest BCUT2D eigenvalue weighted by molar-refractivity contribution is -0.124.